The lowest BCUT2D eigenvalue weighted by molar-refractivity contribution is 0.0468. The molecule has 0 aromatic carbocycles. The van der Waals surface area contributed by atoms with Gasteiger partial charge in [0.1, 0.15) is 0 Å². The highest BCUT2D eigenvalue weighted by molar-refractivity contribution is 9.10. The molecule has 0 radical (unpaired) electrons. The molecule has 1 aliphatic rings. The van der Waals surface area contributed by atoms with Crippen LogP contribution in [-0.4, -0.2) is 34.7 Å². The number of aliphatic hydroxyl groups excluding tert-OH is 1. The lowest BCUT2D eigenvalue weighted by Gasteiger charge is -2.38. The van der Waals surface area contributed by atoms with Gasteiger partial charge in [-0.1, -0.05) is 0 Å². The number of aromatic nitrogens is 1. The zero-order valence-corrected chi connectivity index (χ0v) is 9.44. The fourth-order valence-corrected chi connectivity index (χ4v) is 2.05. The fraction of sp³-hybridized carbons (Fsp3) is 0.500. The Bertz CT molecular complexity index is 313. The molecule has 1 aromatic rings. The number of hydrogen-bond acceptors (Lipinski definition) is 3. The van der Waals surface area contributed by atoms with E-state index in [0.717, 1.165) is 29.8 Å². The van der Waals surface area contributed by atoms with E-state index in [-0.39, 0.29) is 0 Å². The van der Waals surface area contributed by atoms with Crippen LogP contribution in [0.4, 0.5) is 0 Å². The maximum atomic E-state index is 8.87. The van der Waals surface area contributed by atoms with Gasteiger partial charge in [-0.3, -0.25) is 9.88 Å². The van der Waals surface area contributed by atoms with E-state index in [1.165, 1.54) is 0 Å². The van der Waals surface area contributed by atoms with E-state index in [9.17, 15) is 0 Å². The van der Waals surface area contributed by atoms with Crippen LogP contribution >= 0.6 is 15.9 Å². The van der Waals surface area contributed by atoms with Crippen molar-refractivity contribution in [1.29, 1.82) is 0 Å². The number of halogens is 1. The molecular weight excluding hydrogens is 244 g/mol. The van der Waals surface area contributed by atoms with Crippen molar-refractivity contribution in [2.75, 3.05) is 19.7 Å². The van der Waals surface area contributed by atoms with Gasteiger partial charge >= 0.3 is 0 Å². The van der Waals surface area contributed by atoms with Gasteiger partial charge in [-0.25, -0.2) is 0 Å². The van der Waals surface area contributed by atoms with Crippen molar-refractivity contribution in [3.8, 4) is 0 Å². The van der Waals surface area contributed by atoms with Crippen LogP contribution in [0.2, 0.25) is 0 Å². The van der Waals surface area contributed by atoms with Crippen LogP contribution in [0.1, 0.15) is 5.69 Å². The first kappa shape index (κ1) is 10.1. The highest BCUT2D eigenvalue weighted by Gasteiger charge is 2.26. The molecule has 2 heterocycles. The molecule has 3 nitrogen and oxygen atoms in total. The van der Waals surface area contributed by atoms with Crippen LogP contribution in [-0.2, 0) is 6.54 Å². The summed E-state index contributed by atoms with van der Waals surface area (Å²) in [5.74, 6) is 0.470. The molecular formula is C10H13BrN2O. The maximum Gasteiger partial charge on any atom is 0.0685 e. The van der Waals surface area contributed by atoms with Crippen molar-refractivity contribution in [3.05, 3.63) is 28.5 Å². The van der Waals surface area contributed by atoms with Crippen molar-refractivity contribution in [1.82, 2.24) is 9.88 Å². The molecule has 14 heavy (non-hydrogen) atoms. The standard InChI is InChI=1S/C10H13BrN2O/c11-9-2-1-3-12-10(9)6-13-4-8(5-13)7-14/h1-3,8,14H,4-7H2. The molecule has 0 atom stereocenters. The SMILES string of the molecule is OCC1CN(Cc2ncccc2Br)C1. The highest BCUT2D eigenvalue weighted by Crippen LogP contribution is 2.21. The Morgan fingerprint density at radius 2 is 2.36 bits per heavy atom. The van der Waals surface area contributed by atoms with Crippen molar-refractivity contribution in [3.63, 3.8) is 0 Å². The maximum absolute atomic E-state index is 8.87. The molecule has 0 unspecified atom stereocenters. The Labute approximate surface area is 91.9 Å². The first-order valence-electron chi connectivity index (χ1n) is 4.72. The van der Waals surface area contributed by atoms with Crippen molar-refractivity contribution < 1.29 is 5.11 Å². The summed E-state index contributed by atoms with van der Waals surface area (Å²) in [6.07, 6.45) is 1.81. The Morgan fingerprint density at radius 1 is 1.57 bits per heavy atom. The van der Waals surface area contributed by atoms with Gasteiger partial charge in [0.05, 0.1) is 5.69 Å². The molecule has 1 saturated heterocycles. The molecule has 1 fully saturated rings. The third-order valence-electron chi connectivity index (χ3n) is 2.50. The van der Waals surface area contributed by atoms with Crippen LogP contribution in [0.5, 0.6) is 0 Å². The van der Waals surface area contributed by atoms with Gasteiger partial charge < -0.3 is 5.11 Å². The molecule has 2 rings (SSSR count). The van der Waals surface area contributed by atoms with Gasteiger partial charge in [0, 0.05) is 42.8 Å². The summed E-state index contributed by atoms with van der Waals surface area (Å²) in [6, 6.07) is 3.92. The molecule has 0 saturated carbocycles. The normalized spacial score (nSPS) is 18.1. The summed E-state index contributed by atoms with van der Waals surface area (Å²) in [7, 11) is 0. The summed E-state index contributed by atoms with van der Waals surface area (Å²) < 4.78 is 1.06. The lowest BCUT2D eigenvalue weighted by atomic mass is 10.0. The Balaban J connectivity index is 1.90. The van der Waals surface area contributed by atoms with Gasteiger partial charge in [-0.2, -0.15) is 0 Å². The minimum Gasteiger partial charge on any atom is -0.396 e. The van der Waals surface area contributed by atoms with Gasteiger partial charge in [0.2, 0.25) is 0 Å². The fourth-order valence-electron chi connectivity index (χ4n) is 1.67. The van der Waals surface area contributed by atoms with Gasteiger partial charge in [-0.15, -0.1) is 0 Å². The number of pyridine rings is 1. The van der Waals surface area contributed by atoms with Crippen LogP contribution in [0.15, 0.2) is 22.8 Å². The van der Waals surface area contributed by atoms with Crippen molar-refractivity contribution >= 4 is 15.9 Å². The number of rotatable bonds is 3. The molecule has 0 spiro atoms. The zero-order valence-electron chi connectivity index (χ0n) is 7.86. The second-order valence-electron chi connectivity index (χ2n) is 3.67. The topological polar surface area (TPSA) is 36.4 Å². The molecule has 1 aromatic heterocycles. The van der Waals surface area contributed by atoms with E-state index in [4.69, 9.17) is 5.11 Å². The third-order valence-corrected chi connectivity index (χ3v) is 3.22. The summed E-state index contributed by atoms with van der Waals surface area (Å²) in [4.78, 5) is 6.59. The summed E-state index contributed by atoms with van der Waals surface area (Å²) in [6.45, 7) is 3.15. The molecule has 0 aliphatic carbocycles. The van der Waals surface area contributed by atoms with Crippen molar-refractivity contribution in [2.45, 2.75) is 6.54 Å². The van der Waals surface area contributed by atoms with E-state index in [0.29, 0.717) is 12.5 Å². The average Bonchev–Trinajstić information content (AvgIpc) is 2.13. The Hall–Kier alpha value is -0.450. The van der Waals surface area contributed by atoms with Crippen LogP contribution in [0.25, 0.3) is 0 Å². The zero-order chi connectivity index (χ0) is 9.97. The van der Waals surface area contributed by atoms with Crippen LogP contribution in [0.3, 0.4) is 0 Å². The molecule has 4 heteroatoms. The summed E-state index contributed by atoms with van der Waals surface area (Å²) >= 11 is 3.47. The number of aliphatic hydroxyl groups is 1. The van der Waals surface area contributed by atoms with Gasteiger partial charge in [0.15, 0.2) is 0 Å². The van der Waals surface area contributed by atoms with Crippen molar-refractivity contribution in [2.24, 2.45) is 5.92 Å². The van der Waals surface area contributed by atoms with Crippen LogP contribution in [0, 0.1) is 5.92 Å². The number of nitrogens with zero attached hydrogens (tertiary/aromatic N) is 2. The largest absolute Gasteiger partial charge is 0.396 e. The highest BCUT2D eigenvalue weighted by atomic mass is 79.9. The Morgan fingerprint density at radius 3 is 3.00 bits per heavy atom. The predicted molar refractivity (Wildman–Crippen MR) is 57.8 cm³/mol. The predicted octanol–water partition coefficient (Wildman–Crippen LogP) is 1.27. The van der Waals surface area contributed by atoms with Gasteiger partial charge in [-0.05, 0) is 28.1 Å². The monoisotopic (exact) mass is 256 g/mol. The smallest absolute Gasteiger partial charge is 0.0685 e. The number of hydrogen-bond donors (Lipinski definition) is 1. The first-order valence-corrected chi connectivity index (χ1v) is 5.51. The van der Waals surface area contributed by atoms with E-state index in [2.05, 4.69) is 25.8 Å². The molecule has 76 valence electrons. The molecule has 0 amide bonds. The van der Waals surface area contributed by atoms with Crippen LogP contribution < -0.4 is 0 Å². The number of likely N-dealkylation sites (tertiary alicyclic amines) is 1. The average molecular weight is 257 g/mol. The van der Waals surface area contributed by atoms with E-state index in [1.54, 1.807) is 0 Å². The molecule has 1 N–H and O–H groups in total. The second kappa shape index (κ2) is 4.38. The third kappa shape index (κ3) is 2.13. The second-order valence-corrected chi connectivity index (χ2v) is 4.53. The minimum absolute atomic E-state index is 0.305. The van der Waals surface area contributed by atoms with Gasteiger partial charge in [0.25, 0.3) is 0 Å². The molecule has 1 aliphatic heterocycles. The minimum atomic E-state index is 0.305. The lowest BCUT2D eigenvalue weighted by Crippen LogP contribution is -2.47. The quantitative estimate of drug-likeness (QED) is 0.885. The Kier molecular flexibility index (Phi) is 3.15. The summed E-state index contributed by atoms with van der Waals surface area (Å²) in [5.41, 5.74) is 1.07. The first-order chi connectivity index (χ1) is 6.79. The summed E-state index contributed by atoms with van der Waals surface area (Å²) in [5, 5.41) is 8.87. The van der Waals surface area contributed by atoms with E-state index in [1.807, 2.05) is 18.3 Å². The van der Waals surface area contributed by atoms with E-state index < -0.39 is 0 Å². The van der Waals surface area contributed by atoms with E-state index >= 15 is 0 Å². The molecule has 0 bridgehead atoms.